The summed E-state index contributed by atoms with van der Waals surface area (Å²) in [5, 5.41) is 13.9. The average Bonchev–Trinajstić information content (AvgIpc) is 2.92. The summed E-state index contributed by atoms with van der Waals surface area (Å²) in [5.41, 5.74) is 3.43. The van der Waals surface area contributed by atoms with Crippen molar-refractivity contribution in [2.75, 3.05) is 6.61 Å². The lowest BCUT2D eigenvalue weighted by Crippen LogP contribution is -2.25. The minimum absolute atomic E-state index is 0.0789. The highest BCUT2D eigenvalue weighted by molar-refractivity contribution is 6.07. The van der Waals surface area contributed by atoms with Crippen molar-refractivity contribution in [1.29, 1.82) is 0 Å². The molecule has 0 fully saturated rings. The predicted molar refractivity (Wildman–Crippen MR) is 87.7 cm³/mol. The van der Waals surface area contributed by atoms with E-state index in [0.717, 1.165) is 6.07 Å². The number of carbonyl (C=O) groups excluding carboxylic acids is 1. The van der Waals surface area contributed by atoms with Gasteiger partial charge in [0.15, 0.2) is 6.61 Å². The van der Waals surface area contributed by atoms with Crippen molar-refractivity contribution in [3.05, 3.63) is 59.2 Å². The third-order valence-electron chi connectivity index (χ3n) is 3.93. The van der Waals surface area contributed by atoms with Crippen molar-refractivity contribution in [1.82, 2.24) is 5.43 Å². The number of hydrogen-bond acceptors (Lipinski definition) is 4. The molecule has 2 aromatic carbocycles. The molecule has 0 bridgehead atoms. The molecule has 0 radical (unpaired) electrons. The lowest BCUT2D eigenvalue weighted by molar-refractivity contribution is -0.123. The van der Waals surface area contributed by atoms with Crippen molar-refractivity contribution < 1.29 is 23.4 Å². The van der Waals surface area contributed by atoms with Gasteiger partial charge in [-0.15, -0.1) is 0 Å². The first kappa shape index (κ1) is 16.9. The van der Waals surface area contributed by atoms with E-state index in [1.807, 2.05) is 6.92 Å². The smallest absolute Gasteiger partial charge is 0.277 e. The molecule has 0 heterocycles. The molecular formula is C18H16F2N2O3. The Labute approximate surface area is 142 Å². The van der Waals surface area contributed by atoms with Crippen LogP contribution in [0.15, 0.2) is 41.5 Å². The largest absolute Gasteiger partial charge is 0.507 e. The van der Waals surface area contributed by atoms with Crippen molar-refractivity contribution in [2.45, 2.75) is 19.3 Å². The van der Waals surface area contributed by atoms with Gasteiger partial charge in [0.1, 0.15) is 23.1 Å². The van der Waals surface area contributed by atoms with E-state index in [0.29, 0.717) is 23.3 Å². The molecule has 0 spiro atoms. The molecular weight excluding hydrogens is 330 g/mol. The maximum atomic E-state index is 13.9. The van der Waals surface area contributed by atoms with Crippen LogP contribution >= 0.6 is 0 Å². The summed E-state index contributed by atoms with van der Waals surface area (Å²) >= 11 is 0. The summed E-state index contributed by atoms with van der Waals surface area (Å²) < 4.78 is 32.1. The van der Waals surface area contributed by atoms with Crippen LogP contribution < -0.4 is 10.2 Å². The Balaban J connectivity index is 1.67. The molecule has 0 aliphatic heterocycles. The molecule has 3 rings (SSSR count). The van der Waals surface area contributed by atoms with Crippen LogP contribution in [0.2, 0.25) is 0 Å². The summed E-state index contributed by atoms with van der Waals surface area (Å²) in [6.07, 6.45) is 0.398. The maximum absolute atomic E-state index is 13.9. The summed E-state index contributed by atoms with van der Waals surface area (Å²) in [4.78, 5) is 11.8. The number of halogens is 2. The van der Waals surface area contributed by atoms with Crippen LogP contribution in [0.1, 0.15) is 30.4 Å². The van der Waals surface area contributed by atoms with Gasteiger partial charge in [-0.05, 0) is 36.6 Å². The van der Waals surface area contributed by atoms with Gasteiger partial charge in [0.25, 0.3) is 5.91 Å². The van der Waals surface area contributed by atoms with E-state index >= 15 is 0 Å². The fourth-order valence-electron chi connectivity index (χ4n) is 2.83. The summed E-state index contributed by atoms with van der Waals surface area (Å²) in [7, 11) is 0. The van der Waals surface area contributed by atoms with Gasteiger partial charge < -0.3 is 9.84 Å². The van der Waals surface area contributed by atoms with E-state index in [9.17, 15) is 18.7 Å². The molecule has 1 amide bonds. The normalized spacial score (nSPS) is 17.4. The molecule has 5 nitrogen and oxygen atoms in total. The van der Waals surface area contributed by atoms with Crippen molar-refractivity contribution >= 4 is 11.6 Å². The second kappa shape index (κ2) is 6.88. The third-order valence-corrected chi connectivity index (χ3v) is 3.93. The number of ether oxygens (including phenoxy) is 1. The van der Waals surface area contributed by atoms with Crippen LogP contribution in [0.5, 0.6) is 11.5 Å². The first-order valence-electron chi connectivity index (χ1n) is 7.71. The fourth-order valence-corrected chi connectivity index (χ4v) is 2.83. The highest BCUT2D eigenvalue weighted by Crippen LogP contribution is 2.39. The van der Waals surface area contributed by atoms with E-state index in [1.54, 1.807) is 0 Å². The third kappa shape index (κ3) is 3.60. The zero-order chi connectivity index (χ0) is 18.0. The van der Waals surface area contributed by atoms with Crippen molar-refractivity contribution in [3.8, 4) is 11.5 Å². The van der Waals surface area contributed by atoms with Crippen LogP contribution in [0.4, 0.5) is 8.78 Å². The van der Waals surface area contributed by atoms with Crippen molar-refractivity contribution in [3.63, 3.8) is 0 Å². The van der Waals surface area contributed by atoms with E-state index in [2.05, 4.69) is 10.5 Å². The number of nitrogens with zero attached hydrogens (tertiary/aromatic N) is 1. The number of carbonyl (C=O) groups is 1. The molecule has 130 valence electrons. The van der Waals surface area contributed by atoms with Gasteiger partial charge in [0.2, 0.25) is 0 Å². The Hall–Kier alpha value is -2.96. The van der Waals surface area contributed by atoms with Crippen LogP contribution in [0.3, 0.4) is 0 Å². The lowest BCUT2D eigenvalue weighted by Gasteiger charge is -2.07. The van der Waals surface area contributed by atoms with Gasteiger partial charge in [0, 0.05) is 17.2 Å². The number of amides is 1. The summed E-state index contributed by atoms with van der Waals surface area (Å²) in [6, 6.07) is 7.89. The Kier molecular flexibility index (Phi) is 4.65. The molecule has 2 N–H and O–H groups in total. The zero-order valence-electron chi connectivity index (χ0n) is 13.4. The number of phenols is 1. The van der Waals surface area contributed by atoms with Crippen molar-refractivity contribution in [2.24, 2.45) is 5.10 Å². The fraction of sp³-hybridized carbons (Fsp3) is 0.222. The number of fused-ring (bicyclic) bond motifs is 1. The molecule has 2 aromatic rings. The molecule has 1 atom stereocenters. The highest BCUT2D eigenvalue weighted by atomic mass is 19.1. The standard InChI is InChI=1S/C18H16F2N2O3/c1-10-7-14(18-15(23)6-5-13(20)17(10)18)21-22-16(24)9-25-12-4-2-3-11(19)8-12/h2-6,8,10,23H,7,9H2,1H3,(H,22,24)/b21-14+/t10-/m1/s1. The average molecular weight is 346 g/mol. The minimum Gasteiger partial charge on any atom is -0.507 e. The Morgan fingerprint density at radius 2 is 2.16 bits per heavy atom. The number of hydrogen-bond donors (Lipinski definition) is 2. The van der Waals surface area contributed by atoms with Gasteiger partial charge in [0.05, 0.1) is 5.71 Å². The first-order valence-corrected chi connectivity index (χ1v) is 7.71. The van der Waals surface area contributed by atoms with Gasteiger partial charge in [-0.25, -0.2) is 14.2 Å². The molecule has 1 aliphatic rings. The van der Waals surface area contributed by atoms with Gasteiger partial charge >= 0.3 is 0 Å². The topological polar surface area (TPSA) is 70.9 Å². The van der Waals surface area contributed by atoms with E-state index < -0.39 is 17.5 Å². The highest BCUT2D eigenvalue weighted by Gasteiger charge is 2.30. The SMILES string of the molecule is C[C@@H]1C/C(=N\NC(=O)COc2cccc(F)c2)c2c(O)ccc(F)c21. The molecule has 0 aromatic heterocycles. The monoisotopic (exact) mass is 346 g/mol. The molecule has 0 saturated carbocycles. The number of nitrogens with one attached hydrogen (secondary N) is 1. The Morgan fingerprint density at radius 3 is 2.92 bits per heavy atom. The second-order valence-corrected chi connectivity index (χ2v) is 5.80. The van der Waals surface area contributed by atoms with Crippen LogP contribution in [-0.2, 0) is 4.79 Å². The molecule has 7 heteroatoms. The minimum atomic E-state index is -0.547. The Bertz CT molecular complexity index is 852. The van der Waals surface area contributed by atoms with Gasteiger partial charge in [-0.3, -0.25) is 4.79 Å². The summed E-state index contributed by atoms with van der Waals surface area (Å²) in [6.45, 7) is 1.47. The number of hydrazone groups is 1. The summed E-state index contributed by atoms with van der Waals surface area (Å²) in [5.74, 6) is -1.43. The van der Waals surface area contributed by atoms with Gasteiger partial charge in [-0.2, -0.15) is 5.10 Å². The number of benzene rings is 2. The number of rotatable bonds is 4. The van der Waals surface area contributed by atoms with Crippen LogP contribution in [0.25, 0.3) is 0 Å². The van der Waals surface area contributed by atoms with Crippen LogP contribution in [0, 0.1) is 11.6 Å². The molecule has 25 heavy (non-hydrogen) atoms. The first-order chi connectivity index (χ1) is 12.0. The van der Waals surface area contributed by atoms with Crippen LogP contribution in [-0.4, -0.2) is 23.3 Å². The molecule has 1 aliphatic carbocycles. The lowest BCUT2D eigenvalue weighted by atomic mass is 10.0. The zero-order valence-corrected chi connectivity index (χ0v) is 13.4. The van der Waals surface area contributed by atoms with E-state index in [1.165, 1.54) is 30.3 Å². The maximum Gasteiger partial charge on any atom is 0.277 e. The number of phenolic OH excluding ortho intramolecular Hbond substituents is 1. The van der Waals surface area contributed by atoms with Gasteiger partial charge in [-0.1, -0.05) is 13.0 Å². The predicted octanol–water partition coefficient (Wildman–Crippen LogP) is 3.08. The number of aromatic hydroxyl groups is 1. The molecule has 0 saturated heterocycles. The van der Waals surface area contributed by atoms with E-state index in [4.69, 9.17) is 4.74 Å². The second-order valence-electron chi connectivity index (χ2n) is 5.80. The quantitative estimate of drug-likeness (QED) is 0.836. The van der Waals surface area contributed by atoms with E-state index in [-0.39, 0.29) is 24.0 Å². The Morgan fingerprint density at radius 1 is 1.36 bits per heavy atom. The molecule has 0 unspecified atom stereocenters.